The first-order valence-electron chi connectivity index (χ1n) is 5.08. The van der Waals surface area contributed by atoms with Crippen molar-refractivity contribution in [3.05, 3.63) is 29.6 Å². The molecule has 0 aliphatic carbocycles. The Labute approximate surface area is 98.2 Å². The number of hydrogen-bond donors (Lipinski definition) is 3. The lowest BCUT2D eigenvalue weighted by molar-refractivity contribution is -0.120. The molecule has 4 N–H and O–H groups in total. The number of nitrogens with one attached hydrogen (secondary N) is 2. The number of carbonyl (C=O) groups excluding carboxylic acids is 2. The van der Waals surface area contributed by atoms with Crippen LogP contribution in [0.15, 0.2) is 18.2 Å². The van der Waals surface area contributed by atoms with Crippen LogP contribution < -0.4 is 16.4 Å². The third kappa shape index (κ3) is 3.75. The summed E-state index contributed by atoms with van der Waals surface area (Å²) in [6, 6.07) is 3.82. The fourth-order valence-electron chi connectivity index (χ4n) is 1.23. The van der Waals surface area contributed by atoms with Crippen LogP contribution >= 0.6 is 0 Å². The molecule has 0 atom stereocenters. The predicted octanol–water partition coefficient (Wildman–Crippen LogP) is 0.274. The van der Waals surface area contributed by atoms with Gasteiger partial charge in [-0.05, 0) is 18.2 Å². The van der Waals surface area contributed by atoms with Gasteiger partial charge in [0.25, 0.3) is 5.91 Å². The Morgan fingerprint density at radius 3 is 2.71 bits per heavy atom. The Kier molecular flexibility index (Phi) is 4.45. The number of hydrogen-bond acceptors (Lipinski definition) is 3. The number of halogens is 1. The van der Waals surface area contributed by atoms with Crippen LogP contribution in [-0.2, 0) is 4.79 Å². The molecule has 0 aliphatic heterocycles. The summed E-state index contributed by atoms with van der Waals surface area (Å²) in [7, 11) is 1.50. The van der Waals surface area contributed by atoms with E-state index in [1.807, 2.05) is 0 Å². The molecule has 0 radical (unpaired) electrons. The molecule has 1 aromatic carbocycles. The van der Waals surface area contributed by atoms with E-state index in [-0.39, 0.29) is 30.1 Å². The van der Waals surface area contributed by atoms with E-state index in [1.54, 1.807) is 0 Å². The predicted molar refractivity (Wildman–Crippen MR) is 61.8 cm³/mol. The first kappa shape index (κ1) is 13.0. The van der Waals surface area contributed by atoms with E-state index in [0.29, 0.717) is 0 Å². The topological polar surface area (TPSA) is 84.2 Å². The SMILES string of the molecule is CNC(=O)CCNC(=O)c1ccc(N)cc1F. The molecule has 2 amide bonds. The summed E-state index contributed by atoms with van der Waals surface area (Å²) in [6.07, 6.45) is 0.152. The second-order valence-electron chi connectivity index (χ2n) is 3.42. The molecule has 5 nitrogen and oxygen atoms in total. The first-order chi connectivity index (χ1) is 8.04. The summed E-state index contributed by atoms with van der Waals surface area (Å²) in [5.41, 5.74) is 5.53. The molecule has 0 fully saturated rings. The van der Waals surface area contributed by atoms with E-state index in [4.69, 9.17) is 5.73 Å². The Balaban J connectivity index is 2.55. The summed E-state index contributed by atoms with van der Waals surface area (Å²) < 4.78 is 13.3. The standard InChI is InChI=1S/C11H14FN3O2/c1-14-10(16)4-5-15-11(17)8-3-2-7(13)6-9(8)12/h2-3,6H,4-5,13H2,1H3,(H,14,16)(H,15,17). The van der Waals surface area contributed by atoms with Gasteiger partial charge in [0.15, 0.2) is 0 Å². The third-order valence-corrected chi connectivity index (χ3v) is 2.15. The van der Waals surface area contributed by atoms with Crippen molar-refractivity contribution in [3.63, 3.8) is 0 Å². The molecule has 0 bridgehead atoms. The van der Waals surface area contributed by atoms with Crippen LogP contribution in [0.3, 0.4) is 0 Å². The number of nitrogens with two attached hydrogens (primary N) is 1. The molecule has 0 aliphatic rings. The molecule has 0 saturated heterocycles. The van der Waals surface area contributed by atoms with Gasteiger partial charge in [0, 0.05) is 25.7 Å². The Hall–Kier alpha value is -2.11. The van der Waals surface area contributed by atoms with Crippen LogP contribution in [0.1, 0.15) is 16.8 Å². The number of nitrogen functional groups attached to an aromatic ring is 1. The highest BCUT2D eigenvalue weighted by Crippen LogP contribution is 2.11. The normalized spacial score (nSPS) is 9.76. The number of amides is 2. The number of anilines is 1. The summed E-state index contributed by atoms with van der Waals surface area (Å²) in [6.45, 7) is 0.155. The first-order valence-corrected chi connectivity index (χ1v) is 5.08. The van der Waals surface area contributed by atoms with Gasteiger partial charge in [0.05, 0.1) is 5.56 Å². The van der Waals surface area contributed by atoms with Crippen LogP contribution in [0.2, 0.25) is 0 Å². The highest BCUT2D eigenvalue weighted by Gasteiger charge is 2.11. The maximum atomic E-state index is 13.3. The Morgan fingerprint density at radius 2 is 2.12 bits per heavy atom. The summed E-state index contributed by atoms with van der Waals surface area (Å²) in [5, 5.41) is 4.86. The zero-order valence-electron chi connectivity index (χ0n) is 9.42. The summed E-state index contributed by atoms with van der Waals surface area (Å²) in [4.78, 5) is 22.4. The van der Waals surface area contributed by atoms with E-state index < -0.39 is 11.7 Å². The van der Waals surface area contributed by atoms with E-state index in [2.05, 4.69) is 10.6 Å². The molecular weight excluding hydrogens is 225 g/mol. The van der Waals surface area contributed by atoms with Crippen LogP contribution in [0.25, 0.3) is 0 Å². The third-order valence-electron chi connectivity index (χ3n) is 2.15. The zero-order chi connectivity index (χ0) is 12.8. The number of benzene rings is 1. The minimum absolute atomic E-state index is 0.0869. The minimum Gasteiger partial charge on any atom is -0.399 e. The summed E-state index contributed by atoms with van der Waals surface area (Å²) >= 11 is 0. The molecule has 6 heteroatoms. The lowest BCUT2D eigenvalue weighted by atomic mass is 10.2. The lowest BCUT2D eigenvalue weighted by Gasteiger charge is -2.06. The Bertz CT molecular complexity index is 435. The fourth-order valence-corrected chi connectivity index (χ4v) is 1.23. The molecule has 92 valence electrons. The van der Waals surface area contributed by atoms with Crippen molar-refractivity contribution in [2.75, 3.05) is 19.3 Å². The van der Waals surface area contributed by atoms with Crippen molar-refractivity contribution in [1.29, 1.82) is 0 Å². The molecule has 0 aromatic heterocycles. The van der Waals surface area contributed by atoms with Gasteiger partial charge < -0.3 is 16.4 Å². The highest BCUT2D eigenvalue weighted by molar-refractivity contribution is 5.95. The molecule has 0 saturated carbocycles. The smallest absolute Gasteiger partial charge is 0.254 e. The number of rotatable bonds is 4. The van der Waals surface area contributed by atoms with Crippen molar-refractivity contribution >= 4 is 17.5 Å². The molecule has 0 heterocycles. The largest absolute Gasteiger partial charge is 0.399 e. The van der Waals surface area contributed by atoms with E-state index in [1.165, 1.54) is 19.2 Å². The van der Waals surface area contributed by atoms with Gasteiger partial charge in [0.1, 0.15) is 5.82 Å². The van der Waals surface area contributed by atoms with Crippen LogP contribution in [0.5, 0.6) is 0 Å². The minimum atomic E-state index is -0.678. The maximum absolute atomic E-state index is 13.3. The van der Waals surface area contributed by atoms with Gasteiger partial charge in [-0.25, -0.2) is 4.39 Å². The molecular formula is C11H14FN3O2. The van der Waals surface area contributed by atoms with E-state index in [9.17, 15) is 14.0 Å². The highest BCUT2D eigenvalue weighted by atomic mass is 19.1. The second kappa shape index (κ2) is 5.83. The summed E-state index contributed by atoms with van der Waals surface area (Å²) in [5.74, 6) is -1.43. The van der Waals surface area contributed by atoms with Gasteiger partial charge in [-0.15, -0.1) is 0 Å². The van der Waals surface area contributed by atoms with Crippen LogP contribution in [-0.4, -0.2) is 25.4 Å². The second-order valence-corrected chi connectivity index (χ2v) is 3.42. The molecule has 17 heavy (non-hydrogen) atoms. The number of carbonyl (C=O) groups is 2. The average molecular weight is 239 g/mol. The van der Waals surface area contributed by atoms with Crippen molar-refractivity contribution in [2.24, 2.45) is 0 Å². The van der Waals surface area contributed by atoms with Gasteiger partial charge in [-0.3, -0.25) is 9.59 Å². The Morgan fingerprint density at radius 1 is 1.41 bits per heavy atom. The average Bonchev–Trinajstić information content (AvgIpc) is 2.28. The quantitative estimate of drug-likeness (QED) is 0.659. The lowest BCUT2D eigenvalue weighted by Crippen LogP contribution is -2.29. The van der Waals surface area contributed by atoms with Gasteiger partial charge in [-0.1, -0.05) is 0 Å². The molecule has 1 aromatic rings. The van der Waals surface area contributed by atoms with Crippen LogP contribution in [0.4, 0.5) is 10.1 Å². The van der Waals surface area contributed by atoms with Gasteiger partial charge in [-0.2, -0.15) is 0 Å². The van der Waals surface area contributed by atoms with Crippen molar-refractivity contribution in [1.82, 2.24) is 10.6 Å². The maximum Gasteiger partial charge on any atom is 0.254 e. The van der Waals surface area contributed by atoms with Crippen molar-refractivity contribution < 1.29 is 14.0 Å². The monoisotopic (exact) mass is 239 g/mol. The van der Waals surface area contributed by atoms with Crippen molar-refractivity contribution in [3.8, 4) is 0 Å². The molecule has 1 rings (SSSR count). The molecule has 0 unspecified atom stereocenters. The van der Waals surface area contributed by atoms with Gasteiger partial charge >= 0.3 is 0 Å². The van der Waals surface area contributed by atoms with Crippen molar-refractivity contribution in [2.45, 2.75) is 6.42 Å². The molecule has 0 spiro atoms. The van der Waals surface area contributed by atoms with Crippen LogP contribution in [0, 0.1) is 5.82 Å². The van der Waals surface area contributed by atoms with E-state index in [0.717, 1.165) is 6.07 Å². The van der Waals surface area contributed by atoms with Gasteiger partial charge in [0.2, 0.25) is 5.91 Å². The van der Waals surface area contributed by atoms with E-state index >= 15 is 0 Å². The fraction of sp³-hybridized carbons (Fsp3) is 0.273. The zero-order valence-corrected chi connectivity index (χ0v) is 9.42.